The molecule has 1 nitrogen and oxygen atoms in total. The van der Waals surface area contributed by atoms with Gasteiger partial charge in [0, 0.05) is 12.1 Å². The number of rotatable bonds is 6. The molecule has 0 aromatic heterocycles. The maximum atomic E-state index is 3.84. The molecule has 0 spiro atoms. The smallest absolute Gasteiger partial charge is 0.0294 e. The van der Waals surface area contributed by atoms with Crippen LogP contribution in [0.15, 0.2) is 24.3 Å². The summed E-state index contributed by atoms with van der Waals surface area (Å²) in [6, 6.07) is 10.3. The first-order valence-electron chi connectivity index (χ1n) is 8.57. The Balaban J connectivity index is 1.81. The molecule has 0 radical (unpaired) electrons. The summed E-state index contributed by atoms with van der Waals surface area (Å²) < 4.78 is 0. The van der Waals surface area contributed by atoms with Crippen molar-refractivity contribution in [2.24, 2.45) is 5.92 Å². The number of nitrogens with one attached hydrogen (secondary N) is 1. The Morgan fingerprint density at radius 1 is 1.05 bits per heavy atom. The van der Waals surface area contributed by atoms with Crippen LogP contribution in [0.5, 0.6) is 0 Å². The Hall–Kier alpha value is -0.820. The summed E-state index contributed by atoms with van der Waals surface area (Å²) in [6.45, 7) is 6.83. The monoisotopic (exact) mass is 273 g/mol. The summed E-state index contributed by atoms with van der Waals surface area (Å²) in [5.74, 6) is 0.997. The van der Waals surface area contributed by atoms with E-state index in [0.29, 0.717) is 6.04 Å². The second kappa shape index (κ2) is 7.83. The molecule has 0 saturated heterocycles. The molecule has 1 aliphatic rings. The molecular formula is C19H31N. The third kappa shape index (κ3) is 4.34. The van der Waals surface area contributed by atoms with Crippen molar-refractivity contribution in [3.05, 3.63) is 35.4 Å². The molecule has 0 bridgehead atoms. The number of hydrogen-bond acceptors (Lipinski definition) is 1. The van der Waals surface area contributed by atoms with Crippen LogP contribution < -0.4 is 5.32 Å². The summed E-state index contributed by atoms with van der Waals surface area (Å²) in [4.78, 5) is 0. The number of aryl methyl sites for hydroxylation is 1. The van der Waals surface area contributed by atoms with E-state index in [9.17, 15) is 0 Å². The van der Waals surface area contributed by atoms with Crippen LogP contribution in [-0.2, 0) is 6.42 Å². The Labute approximate surface area is 125 Å². The van der Waals surface area contributed by atoms with Crippen molar-refractivity contribution in [2.75, 3.05) is 0 Å². The SMILES string of the molecule is CCCC1CCC(NC(C)c2ccc(CC)cc2)CC1. The molecule has 1 saturated carbocycles. The summed E-state index contributed by atoms with van der Waals surface area (Å²) in [6.07, 6.45) is 9.48. The predicted molar refractivity (Wildman–Crippen MR) is 88.0 cm³/mol. The molecule has 1 aliphatic carbocycles. The molecule has 0 heterocycles. The zero-order chi connectivity index (χ0) is 14.4. The van der Waals surface area contributed by atoms with E-state index in [1.54, 1.807) is 0 Å². The molecule has 1 fully saturated rings. The van der Waals surface area contributed by atoms with Crippen molar-refractivity contribution in [1.82, 2.24) is 5.32 Å². The first-order valence-corrected chi connectivity index (χ1v) is 8.57. The third-order valence-electron chi connectivity index (χ3n) is 4.92. The first kappa shape index (κ1) is 15.6. The lowest BCUT2D eigenvalue weighted by Gasteiger charge is -2.31. The highest BCUT2D eigenvalue weighted by Gasteiger charge is 2.21. The molecule has 20 heavy (non-hydrogen) atoms. The maximum absolute atomic E-state index is 3.84. The highest BCUT2D eigenvalue weighted by molar-refractivity contribution is 5.24. The lowest BCUT2D eigenvalue weighted by Crippen LogP contribution is -2.35. The van der Waals surface area contributed by atoms with Crippen LogP contribution in [0.1, 0.15) is 76.5 Å². The molecule has 112 valence electrons. The zero-order valence-corrected chi connectivity index (χ0v) is 13.5. The van der Waals surface area contributed by atoms with Crippen molar-refractivity contribution < 1.29 is 0 Å². The molecule has 1 N–H and O–H groups in total. The van der Waals surface area contributed by atoms with Crippen LogP contribution in [-0.4, -0.2) is 6.04 Å². The van der Waals surface area contributed by atoms with E-state index < -0.39 is 0 Å². The van der Waals surface area contributed by atoms with Crippen LogP contribution in [0.2, 0.25) is 0 Å². The van der Waals surface area contributed by atoms with Gasteiger partial charge in [-0.25, -0.2) is 0 Å². The highest BCUT2D eigenvalue weighted by atomic mass is 14.9. The summed E-state index contributed by atoms with van der Waals surface area (Å²) >= 11 is 0. The molecule has 2 rings (SSSR count). The van der Waals surface area contributed by atoms with Crippen molar-refractivity contribution in [1.29, 1.82) is 0 Å². The van der Waals surface area contributed by atoms with Gasteiger partial charge in [0.15, 0.2) is 0 Å². The second-order valence-electron chi connectivity index (χ2n) is 6.49. The molecule has 0 amide bonds. The average Bonchev–Trinajstić information content (AvgIpc) is 2.49. The van der Waals surface area contributed by atoms with Gasteiger partial charge in [0.2, 0.25) is 0 Å². The minimum absolute atomic E-state index is 0.480. The van der Waals surface area contributed by atoms with Gasteiger partial charge in [-0.05, 0) is 56.1 Å². The van der Waals surface area contributed by atoms with E-state index in [1.807, 2.05) is 0 Å². The minimum Gasteiger partial charge on any atom is -0.307 e. The Morgan fingerprint density at radius 3 is 2.25 bits per heavy atom. The van der Waals surface area contributed by atoms with Gasteiger partial charge < -0.3 is 5.32 Å². The van der Waals surface area contributed by atoms with Crippen LogP contribution in [0.25, 0.3) is 0 Å². The lowest BCUT2D eigenvalue weighted by molar-refractivity contribution is 0.266. The fourth-order valence-corrected chi connectivity index (χ4v) is 3.52. The molecule has 0 aliphatic heterocycles. The van der Waals surface area contributed by atoms with Crippen LogP contribution in [0.4, 0.5) is 0 Å². The van der Waals surface area contributed by atoms with Crippen molar-refractivity contribution >= 4 is 0 Å². The van der Waals surface area contributed by atoms with Crippen LogP contribution >= 0.6 is 0 Å². The predicted octanol–water partition coefficient (Wildman–Crippen LogP) is 5.26. The van der Waals surface area contributed by atoms with E-state index in [1.165, 1.54) is 49.7 Å². The van der Waals surface area contributed by atoms with Gasteiger partial charge in [-0.1, -0.05) is 51.0 Å². The Kier molecular flexibility index (Phi) is 6.09. The number of hydrogen-bond donors (Lipinski definition) is 1. The first-order chi connectivity index (χ1) is 9.72. The van der Waals surface area contributed by atoms with Gasteiger partial charge in [-0.3, -0.25) is 0 Å². The van der Waals surface area contributed by atoms with Crippen LogP contribution in [0.3, 0.4) is 0 Å². The summed E-state index contributed by atoms with van der Waals surface area (Å²) in [5, 5.41) is 3.84. The zero-order valence-electron chi connectivity index (χ0n) is 13.5. The second-order valence-corrected chi connectivity index (χ2v) is 6.49. The highest BCUT2D eigenvalue weighted by Crippen LogP contribution is 2.29. The quantitative estimate of drug-likeness (QED) is 0.745. The topological polar surface area (TPSA) is 12.0 Å². The Morgan fingerprint density at radius 2 is 1.70 bits per heavy atom. The van der Waals surface area contributed by atoms with Gasteiger partial charge in [0.1, 0.15) is 0 Å². The standard InChI is InChI=1S/C19H31N/c1-4-6-17-9-13-19(14-10-17)20-15(3)18-11-7-16(5-2)8-12-18/h7-8,11-12,15,17,19-20H,4-6,9-10,13-14H2,1-3H3. The molecule has 1 heteroatoms. The lowest BCUT2D eigenvalue weighted by atomic mass is 9.83. The maximum Gasteiger partial charge on any atom is 0.0294 e. The molecule has 1 atom stereocenters. The fraction of sp³-hybridized carbons (Fsp3) is 0.684. The van der Waals surface area contributed by atoms with Crippen molar-refractivity contribution in [2.45, 2.75) is 77.8 Å². The van der Waals surface area contributed by atoms with E-state index in [-0.39, 0.29) is 0 Å². The van der Waals surface area contributed by atoms with Gasteiger partial charge in [-0.15, -0.1) is 0 Å². The third-order valence-corrected chi connectivity index (χ3v) is 4.92. The minimum atomic E-state index is 0.480. The molecule has 1 aromatic rings. The largest absolute Gasteiger partial charge is 0.307 e. The van der Waals surface area contributed by atoms with E-state index in [0.717, 1.165) is 18.4 Å². The Bertz CT molecular complexity index is 373. The van der Waals surface area contributed by atoms with Gasteiger partial charge in [0.25, 0.3) is 0 Å². The van der Waals surface area contributed by atoms with E-state index in [4.69, 9.17) is 0 Å². The molecule has 1 unspecified atom stereocenters. The van der Waals surface area contributed by atoms with E-state index in [2.05, 4.69) is 50.4 Å². The summed E-state index contributed by atoms with van der Waals surface area (Å²) in [7, 11) is 0. The molecule has 1 aromatic carbocycles. The summed E-state index contributed by atoms with van der Waals surface area (Å²) in [5.41, 5.74) is 2.86. The average molecular weight is 273 g/mol. The van der Waals surface area contributed by atoms with Gasteiger partial charge >= 0.3 is 0 Å². The normalized spacial score (nSPS) is 24.6. The van der Waals surface area contributed by atoms with Gasteiger partial charge in [0.05, 0.1) is 0 Å². The molecular weight excluding hydrogens is 242 g/mol. The van der Waals surface area contributed by atoms with Crippen LogP contribution in [0, 0.1) is 5.92 Å². The van der Waals surface area contributed by atoms with E-state index >= 15 is 0 Å². The number of benzene rings is 1. The fourth-order valence-electron chi connectivity index (χ4n) is 3.52. The van der Waals surface area contributed by atoms with Crippen molar-refractivity contribution in [3.63, 3.8) is 0 Å². The van der Waals surface area contributed by atoms with Crippen molar-refractivity contribution in [3.8, 4) is 0 Å². The van der Waals surface area contributed by atoms with Gasteiger partial charge in [-0.2, -0.15) is 0 Å².